The molecular weight excluding hydrogens is 382 g/mol. The van der Waals surface area contributed by atoms with Crippen molar-refractivity contribution in [1.29, 1.82) is 0 Å². The quantitative estimate of drug-likeness (QED) is 0.615. The standard InChI is InChI=1S/C19H19N3O3S2/c1-2-27(23,24)17-6-4-3-5-16(17)25-15-11-9-14(10-12-15)20-19-21-18(22-26-19)13-7-8-13/h3-6,9-13H,2,7-8H2,1H3,(H,20,21,22). The lowest BCUT2D eigenvalue weighted by atomic mass is 10.3. The van der Waals surface area contributed by atoms with Crippen LogP contribution in [0, 0.1) is 0 Å². The average Bonchev–Trinajstić information content (AvgIpc) is 3.43. The number of ether oxygens (including phenoxy) is 1. The first-order valence-electron chi connectivity index (χ1n) is 8.75. The first-order chi connectivity index (χ1) is 13.0. The van der Waals surface area contributed by atoms with Crippen LogP contribution in [0.3, 0.4) is 0 Å². The third kappa shape index (κ3) is 4.12. The van der Waals surface area contributed by atoms with E-state index in [0.29, 0.717) is 17.4 Å². The van der Waals surface area contributed by atoms with E-state index in [1.165, 1.54) is 24.4 Å². The second-order valence-electron chi connectivity index (χ2n) is 6.33. The minimum absolute atomic E-state index is 0.0287. The number of benzene rings is 2. The van der Waals surface area contributed by atoms with Crippen molar-refractivity contribution in [2.24, 2.45) is 0 Å². The molecule has 0 radical (unpaired) electrons. The summed E-state index contributed by atoms with van der Waals surface area (Å²) >= 11 is 1.36. The molecule has 0 bridgehead atoms. The summed E-state index contributed by atoms with van der Waals surface area (Å²) in [6.45, 7) is 1.62. The van der Waals surface area contributed by atoms with E-state index < -0.39 is 9.84 Å². The fraction of sp³-hybridized carbons (Fsp3) is 0.263. The van der Waals surface area contributed by atoms with Crippen molar-refractivity contribution in [2.45, 2.75) is 30.6 Å². The lowest BCUT2D eigenvalue weighted by Gasteiger charge is -2.11. The zero-order valence-electron chi connectivity index (χ0n) is 14.8. The lowest BCUT2D eigenvalue weighted by molar-refractivity contribution is 0.467. The van der Waals surface area contributed by atoms with Crippen LogP contribution in [0.5, 0.6) is 11.5 Å². The fourth-order valence-corrected chi connectivity index (χ4v) is 4.28. The van der Waals surface area contributed by atoms with Crippen LogP contribution < -0.4 is 10.1 Å². The normalized spacial score (nSPS) is 14.1. The minimum atomic E-state index is -3.35. The molecule has 1 heterocycles. The number of nitrogens with one attached hydrogen (secondary N) is 1. The van der Waals surface area contributed by atoms with Crippen molar-refractivity contribution in [1.82, 2.24) is 9.36 Å². The van der Waals surface area contributed by atoms with E-state index in [9.17, 15) is 8.42 Å². The number of aromatic nitrogens is 2. The fourth-order valence-electron chi connectivity index (χ4n) is 2.60. The van der Waals surface area contributed by atoms with E-state index in [1.807, 2.05) is 12.1 Å². The smallest absolute Gasteiger partial charge is 0.207 e. The Hall–Kier alpha value is -2.45. The van der Waals surface area contributed by atoms with Crippen LogP contribution in [0.2, 0.25) is 0 Å². The Kier molecular flexibility index (Phi) is 4.84. The summed E-state index contributed by atoms with van der Waals surface area (Å²) in [5.41, 5.74) is 0.871. The number of anilines is 2. The maximum absolute atomic E-state index is 12.2. The van der Waals surface area contributed by atoms with E-state index in [-0.39, 0.29) is 10.6 Å². The molecule has 1 aliphatic rings. The second-order valence-corrected chi connectivity index (χ2v) is 9.33. The van der Waals surface area contributed by atoms with Gasteiger partial charge in [-0.15, -0.1) is 0 Å². The summed E-state index contributed by atoms with van der Waals surface area (Å²) in [5, 5.41) is 4.00. The van der Waals surface area contributed by atoms with E-state index in [2.05, 4.69) is 14.7 Å². The summed E-state index contributed by atoms with van der Waals surface area (Å²) in [6, 6.07) is 14.0. The average molecular weight is 402 g/mol. The monoisotopic (exact) mass is 401 g/mol. The number of rotatable bonds is 7. The molecule has 0 atom stereocenters. The highest BCUT2D eigenvalue weighted by Crippen LogP contribution is 2.39. The highest BCUT2D eigenvalue weighted by molar-refractivity contribution is 7.91. The first kappa shape index (κ1) is 17.9. The molecular formula is C19H19N3O3S2. The molecule has 27 heavy (non-hydrogen) atoms. The topological polar surface area (TPSA) is 81.2 Å². The Balaban J connectivity index is 1.48. The van der Waals surface area contributed by atoms with Crippen LogP contribution in [0.25, 0.3) is 0 Å². The van der Waals surface area contributed by atoms with Gasteiger partial charge in [0.1, 0.15) is 22.2 Å². The molecule has 0 amide bonds. The molecule has 0 aliphatic heterocycles. The van der Waals surface area contributed by atoms with Gasteiger partial charge in [0.05, 0.1) is 5.75 Å². The Labute approximate surface area is 162 Å². The van der Waals surface area contributed by atoms with Crippen molar-refractivity contribution in [2.75, 3.05) is 11.1 Å². The molecule has 0 spiro atoms. The summed E-state index contributed by atoms with van der Waals surface area (Å²) in [7, 11) is -3.35. The van der Waals surface area contributed by atoms with Gasteiger partial charge in [0.25, 0.3) is 0 Å². The van der Waals surface area contributed by atoms with Gasteiger partial charge in [0, 0.05) is 23.1 Å². The third-order valence-corrected chi connectivity index (χ3v) is 6.69. The molecule has 1 N–H and O–H groups in total. The largest absolute Gasteiger partial charge is 0.456 e. The number of para-hydroxylation sites is 1. The van der Waals surface area contributed by atoms with Gasteiger partial charge in [-0.2, -0.15) is 4.37 Å². The van der Waals surface area contributed by atoms with E-state index >= 15 is 0 Å². The summed E-state index contributed by atoms with van der Waals surface area (Å²) in [5.74, 6) is 2.39. The van der Waals surface area contributed by atoms with Crippen LogP contribution in [0.1, 0.15) is 31.5 Å². The van der Waals surface area contributed by atoms with E-state index in [1.54, 1.807) is 43.3 Å². The summed E-state index contributed by atoms with van der Waals surface area (Å²) in [4.78, 5) is 4.71. The van der Waals surface area contributed by atoms with Gasteiger partial charge in [0.2, 0.25) is 5.13 Å². The maximum Gasteiger partial charge on any atom is 0.207 e. The second kappa shape index (κ2) is 7.28. The summed E-state index contributed by atoms with van der Waals surface area (Å²) < 4.78 is 34.6. The van der Waals surface area contributed by atoms with Gasteiger partial charge in [-0.05, 0) is 49.2 Å². The van der Waals surface area contributed by atoms with Crippen LogP contribution in [-0.4, -0.2) is 23.5 Å². The maximum atomic E-state index is 12.2. The van der Waals surface area contributed by atoms with Crippen LogP contribution in [0.4, 0.5) is 10.8 Å². The lowest BCUT2D eigenvalue weighted by Crippen LogP contribution is -2.05. The molecule has 3 aromatic rings. The van der Waals surface area contributed by atoms with Crippen LogP contribution in [0.15, 0.2) is 53.4 Å². The van der Waals surface area contributed by atoms with E-state index in [0.717, 1.165) is 16.6 Å². The molecule has 8 heteroatoms. The van der Waals surface area contributed by atoms with Crippen molar-refractivity contribution >= 4 is 32.2 Å². The minimum Gasteiger partial charge on any atom is -0.456 e. The SMILES string of the molecule is CCS(=O)(=O)c1ccccc1Oc1ccc(Nc2nc(C3CC3)ns2)cc1. The highest BCUT2D eigenvalue weighted by Gasteiger charge is 2.27. The van der Waals surface area contributed by atoms with Crippen molar-refractivity contribution in [3.63, 3.8) is 0 Å². The Morgan fingerprint density at radius 3 is 2.59 bits per heavy atom. The number of hydrogen-bond donors (Lipinski definition) is 1. The van der Waals surface area contributed by atoms with Crippen LogP contribution >= 0.6 is 11.5 Å². The zero-order chi connectivity index (χ0) is 18.9. The van der Waals surface area contributed by atoms with E-state index in [4.69, 9.17) is 4.74 Å². The molecule has 4 rings (SSSR count). The van der Waals surface area contributed by atoms with Gasteiger partial charge in [0.15, 0.2) is 9.84 Å². The molecule has 0 unspecified atom stereocenters. The molecule has 1 aliphatic carbocycles. The molecule has 2 aromatic carbocycles. The van der Waals surface area contributed by atoms with Gasteiger partial charge in [-0.25, -0.2) is 13.4 Å². The summed E-state index contributed by atoms with van der Waals surface area (Å²) in [6.07, 6.45) is 2.36. The Morgan fingerprint density at radius 1 is 1.15 bits per heavy atom. The van der Waals surface area contributed by atoms with Crippen LogP contribution in [-0.2, 0) is 9.84 Å². The highest BCUT2D eigenvalue weighted by atomic mass is 32.2. The Bertz CT molecular complexity index is 1040. The zero-order valence-corrected chi connectivity index (χ0v) is 16.4. The molecule has 1 saturated carbocycles. The molecule has 0 saturated heterocycles. The number of nitrogens with zero attached hydrogens (tertiary/aromatic N) is 2. The Morgan fingerprint density at radius 2 is 1.89 bits per heavy atom. The van der Waals surface area contributed by atoms with Crippen molar-refractivity contribution in [3.8, 4) is 11.5 Å². The first-order valence-corrected chi connectivity index (χ1v) is 11.2. The molecule has 1 fully saturated rings. The van der Waals surface area contributed by atoms with Gasteiger partial charge in [-0.3, -0.25) is 0 Å². The van der Waals surface area contributed by atoms with Gasteiger partial charge in [-0.1, -0.05) is 19.1 Å². The molecule has 140 valence electrons. The van der Waals surface area contributed by atoms with Gasteiger partial charge >= 0.3 is 0 Å². The molecule has 1 aromatic heterocycles. The number of sulfone groups is 1. The number of hydrogen-bond acceptors (Lipinski definition) is 7. The predicted octanol–water partition coefficient (Wildman–Crippen LogP) is 4.75. The van der Waals surface area contributed by atoms with Gasteiger partial charge < -0.3 is 10.1 Å². The van der Waals surface area contributed by atoms with Crippen molar-refractivity contribution in [3.05, 3.63) is 54.4 Å². The predicted molar refractivity (Wildman–Crippen MR) is 106 cm³/mol. The van der Waals surface area contributed by atoms with Crippen molar-refractivity contribution < 1.29 is 13.2 Å². The third-order valence-electron chi connectivity index (χ3n) is 4.28. The molecule has 6 nitrogen and oxygen atoms in total.